The molecule has 2 rings (SSSR count). The summed E-state index contributed by atoms with van der Waals surface area (Å²) in [6.07, 6.45) is 1.99. The minimum absolute atomic E-state index is 0.177. The van der Waals surface area contributed by atoms with Gasteiger partial charge in [0, 0.05) is 19.3 Å². The van der Waals surface area contributed by atoms with Gasteiger partial charge in [-0.25, -0.2) is 4.98 Å². The van der Waals surface area contributed by atoms with E-state index in [0.29, 0.717) is 0 Å². The average molecular weight is 250 g/mol. The van der Waals surface area contributed by atoms with Crippen molar-refractivity contribution in [2.45, 2.75) is 40.0 Å². The van der Waals surface area contributed by atoms with Crippen molar-refractivity contribution in [1.82, 2.24) is 4.98 Å². The monoisotopic (exact) mass is 250 g/mol. The van der Waals surface area contributed by atoms with E-state index in [1.807, 2.05) is 20.0 Å². The topological polar surface area (TPSA) is 25.4 Å². The second-order valence-electron chi connectivity index (χ2n) is 5.25. The standard InChI is InChI=1S/C13H20N2O.C2H6/c1-13(2,3)11-4-5-12(14-10-11)15-6-8-16-9-7-15;1-2/h4-5,10H,6-9H2,1-3H3;1-2H3. The summed E-state index contributed by atoms with van der Waals surface area (Å²) in [5.41, 5.74) is 1.46. The van der Waals surface area contributed by atoms with Crippen LogP contribution in [0.25, 0.3) is 0 Å². The van der Waals surface area contributed by atoms with Crippen molar-refractivity contribution < 1.29 is 4.74 Å². The highest BCUT2D eigenvalue weighted by molar-refractivity contribution is 5.40. The van der Waals surface area contributed by atoms with E-state index in [0.717, 1.165) is 32.1 Å². The van der Waals surface area contributed by atoms with Crippen LogP contribution in [-0.2, 0) is 10.2 Å². The van der Waals surface area contributed by atoms with Crippen molar-refractivity contribution in [3.8, 4) is 0 Å². The molecule has 0 aliphatic carbocycles. The maximum atomic E-state index is 5.33. The summed E-state index contributed by atoms with van der Waals surface area (Å²) >= 11 is 0. The Hall–Kier alpha value is -1.09. The molecule has 0 spiro atoms. The lowest BCUT2D eigenvalue weighted by atomic mass is 9.88. The van der Waals surface area contributed by atoms with E-state index in [-0.39, 0.29) is 5.41 Å². The summed E-state index contributed by atoms with van der Waals surface area (Å²) in [5.74, 6) is 1.07. The Morgan fingerprint density at radius 2 is 1.72 bits per heavy atom. The van der Waals surface area contributed by atoms with Crippen LogP contribution >= 0.6 is 0 Å². The minimum atomic E-state index is 0.177. The Bertz CT molecular complexity index is 335. The molecule has 3 nitrogen and oxygen atoms in total. The number of hydrogen-bond acceptors (Lipinski definition) is 3. The molecule has 1 saturated heterocycles. The second-order valence-corrected chi connectivity index (χ2v) is 5.25. The first-order chi connectivity index (χ1) is 8.57. The molecule has 2 heterocycles. The van der Waals surface area contributed by atoms with Gasteiger partial charge in [-0.05, 0) is 17.0 Å². The fourth-order valence-electron chi connectivity index (χ4n) is 1.81. The molecule has 0 unspecified atom stereocenters. The molecule has 18 heavy (non-hydrogen) atoms. The number of morpholine rings is 1. The van der Waals surface area contributed by atoms with Crippen molar-refractivity contribution in [2.75, 3.05) is 31.2 Å². The maximum Gasteiger partial charge on any atom is 0.128 e. The molecule has 0 N–H and O–H groups in total. The summed E-state index contributed by atoms with van der Waals surface area (Å²) in [7, 11) is 0. The van der Waals surface area contributed by atoms with E-state index >= 15 is 0 Å². The van der Waals surface area contributed by atoms with Crippen LogP contribution in [0.5, 0.6) is 0 Å². The number of hydrogen-bond donors (Lipinski definition) is 0. The Kier molecular flexibility index (Phi) is 5.60. The zero-order valence-electron chi connectivity index (χ0n) is 12.4. The molecule has 1 aromatic rings. The molecule has 1 aliphatic rings. The molecule has 0 amide bonds. The van der Waals surface area contributed by atoms with Gasteiger partial charge in [0.1, 0.15) is 5.82 Å². The van der Waals surface area contributed by atoms with Crippen molar-refractivity contribution in [1.29, 1.82) is 0 Å². The van der Waals surface area contributed by atoms with Gasteiger partial charge in [-0.2, -0.15) is 0 Å². The molecule has 102 valence electrons. The number of pyridine rings is 1. The SMILES string of the molecule is CC.CC(C)(C)c1ccc(N2CCOCC2)nc1. The van der Waals surface area contributed by atoms with Crippen molar-refractivity contribution in [3.05, 3.63) is 23.9 Å². The molecule has 0 radical (unpaired) electrons. The Morgan fingerprint density at radius 1 is 1.11 bits per heavy atom. The Morgan fingerprint density at radius 3 is 2.17 bits per heavy atom. The largest absolute Gasteiger partial charge is 0.378 e. The Labute approximate surface area is 111 Å². The molecule has 1 aromatic heterocycles. The van der Waals surface area contributed by atoms with Crippen molar-refractivity contribution in [2.24, 2.45) is 0 Å². The molecule has 1 aliphatic heterocycles. The highest BCUT2D eigenvalue weighted by atomic mass is 16.5. The van der Waals surface area contributed by atoms with E-state index in [1.54, 1.807) is 0 Å². The van der Waals surface area contributed by atoms with E-state index in [4.69, 9.17) is 4.74 Å². The molecule has 0 saturated carbocycles. The van der Waals surface area contributed by atoms with Gasteiger partial charge in [0.25, 0.3) is 0 Å². The smallest absolute Gasteiger partial charge is 0.128 e. The van der Waals surface area contributed by atoms with Gasteiger partial charge in [-0.15, -0.1) is 0 Å². The quantitative estimate of drug-likeness (QED) is 0.765. The van der Waals surface area contributed by atoms with Crippen LogP contribution in [0.1, 0.15) is 40.2 Å². The predicted molar refractivity (Wildman–Crippen MR) is 77.3 cm³/mol. The zero-order valence-corrected chi connectivity index (χ0v) is 12.4. The first-order valence-electron chi connectivity index (χ1n) is 6.86. The number of rotatable bonds is 1. The fourth-order valence-corrected chi connectivity index (χ4v) is 1.81. The third-order valence-electron chi connectivity index (χ3n) is 2.95. The molecule has 0 bridgehead atoms. The van der Waals surface area contributed by atoms with Crippen LogP contribution in [-0.4, -0.2) is 31.3 Å². The van der Waals surface area contributed by atoms with Gasteiger partial charge in [0.2, 0.25) is 0 Å². The van der Waals surface area contributed by atoms with Crippen molar-refractivity contribution >= 4 is 5.82 Å². The zero-order chi connectivity index (χ0) is 13.6. The van der Waals surface area contributed by atoms with Crippen LogP contribution < -0.4 is 4.90 Å². The minimum Gasteiger partial charge on any atom is -0.378 e. The number of aromatic nitrogens is 1. The highest BCUT2D eigenvalue weighted by Gasteiger charge is 2.16. The fraction of sp³-hybridized carbons (Fsp3) is 0.667. The summed E-state index contributed by atoms with van der Waals surface area (Å²) in [4.78, 5) is 6.81. The molecule has 0 atom stereocenters. The van der Waals surface area contributed by atoms with Gasteiger partial charge in [-0.3, -0.25) is 0 Å². The highest BCUT2D eigenvalue weighted by Crippen LogP contribution is 2.23. The summed E-state index contributed by atoms with van der Waals surface area (Å²) < 4.78 is 5.33. The van der Waals surface area contributed by atoms with Crippen molar-refractivity contribution in [3.63, 3.8) is 0 Å². The third-order valence-corrected chi connectivity index (χ3v) is 2.95. The van der Waals surface area contributed by atoms with Gasteiger partial charge >= 0.3 is 0 Å². The van der Waals surface area contributed by atoms with Gasteiger partial charge in [0.05, 0.1) is 13.2 Å². The summed E-state index contributed by atoms with van der Waals surface area (Å²) in [6, 6.07) is 4.30. The number of ether oxygens (including phenoxy) is 1. The van der Waals surface area contributed by atoms with Crippen LogP contribution in [0.15, 0.2) is 18.3 Å². The molecular weight excluding hydrogens is 224 g/mol. The van der Waals surface area contributed by atoms with Crippen LogP contribution in [0.3, 0.4) is 0 Å². The van der Waals surface area contributed by atoms with E-state index in [9.17, 15) is 0 Å². The van der Waals surface area contributed by atoms with Crippen LogP contribution in [0.2, 0.25) is 0 Å². The second kappa shape index (κ2) is 6.74. The lowest BCUT2D eigenvalue weighted by Gasteiger charge is -2.28. The van der Waals surface area contributed by atoms with Gasteiger partial charge in [-0.1, -0.05) is 40.7 Å². The summed E-state index contributed by atoms with van der Waals surface area (Å²) in [5, 5.41) is 0. The number of nitrogens with zero attached hydrogens (tertiary/aromatic N) is 2. The van der Waals surface area contributed by atoms with Gasteiger partial charge < -0.3 is 9.64 Å². The lowest BCUT2D eigenvalue weighted by Crippen LogP contribution is -2.36. The first-order valence-corrected chi connectivity index (χ1v) is 6.86. The van der Waals surface area contributed by atoms with E-state index in [2.05, 4.69) is 42.8 Å². The normalized spacial score (nSPS) is 15.9. The van der Waals surface area contributed by atoms with E-state index in [1.165, 1.54) is 5.56 Å². The molecular formula is C15H26N2O. The predicted octanol–water partition coefficient (Wildman–Crippen LogP) is 3.24. The van der Waals surface area contributed by atoms with Gasteiger partial charge in [0.15, 0.2) is 0 Å². The molecule has 0 aromatic carbocycles. The average Bonchev–Trinajstić information content (AvgIpc) is 2.41. The maximum absolute atomic E-state index is 5.33. The first kappa shape index (κ1) is 15.0. The Balaban J connectivity index is 0.000000771. The lowest BCUT2D eigenvalue weighted by molar-refractivity contribution is 0.122. The van der Waals surface area contributed by atoms with Crippen LogP contribution in [0, 0.1) is 0 Å². The van der Waals surface area contributed by atoms with E-state index < -0.39 is 0 Å². The molecule has 3 heteroatoms. The molecule has 1 fully saturated rings. The van der Waals surface area contributed by atoms with Crippen LogP contribution in [0.4, 0.5) is 5.82 Å². The summed E-state index contributed by atoms with van der Waals surface area (Å²) in [6.45, 7) is 14.1. The number of anilines is 1. The third kappa shape index (κ3) is 3.98.